The Morgan fingerprint density at radius 1 is 1.28 bits per heavy atom. The third-order valence-corrected chi connectivity index (χ3v) is 3.41. The fraction of sp³-hybridized carbons (Fsp3) is 0.429. The minimum atomic E-state index is -0.369. The van der Waals surface area contributed by atoms with E-state index in [1.54, 1.807) is 24.5 Å². The highest BCUT2D eigenvalue weighted by molar-refractivity contribution is 6.07. The molecule has 1 aromatic heterocycles. The van der Waals surface area contributed by atoms with Gasteiger partial charge in [-0.25, -0.2) is 9.79 Å². The maximum Gasteiger partial charge on any atom is 0.363 e. The van der Waals surface area contributed by atoms with Crippen molar-refractivity contribution in [1.82, 2.24) is 0 Å². The first-order chi connectivity index (χ1) is 8.83. The van der Waals surface area contributed by atoms with Crippen LogP contribution in [0.5, 0.6) is 0 Å². The molecular weight excluding hydrogens is 230 g/mol. The van der Waals surface area contributed by atoms with Crippen molar-refractivity contribution in [2.75, 3.05) is 0 Å². The van der Waals surface area contributed by atoms with Crippen LogP contribution in [0.3, 0.4) is 0 Å². The average molecular weight is 245 g/mol. The summed E-state index contributed by atoms with van der Waals surface area (Å²) < 4.78 is 10.4. The molecule has 4 nitrogen and oxygen atoms in total. The van der Waals surface area contributed by atoms with Gasteiger partial charge < -0.3 is 9.15 Å². The van der Waals surface area contributed by atoms with Gasteiger partial charge in [0.2, 0.25) is 5.90 Å². The summed E-state index contributed by atoms with van der Waals surface area (Å²) in [6.07, 6.45) is 8.99. The standard InChI is InChI=1S/C14H15NO3/c16-14-12(9-11-7-4-8-17-11)15-13(18-14)10-5-2-1-3-6-10/h4,7-10H,1-3,5-6H2/b12-9-. The van der Waals surface area contributed by atoms with E-state index in [4.69, 9.17) is 9.15 Å². The molecule has 2 heterocycles. The van der Waals surface area contributed by atoms with Gasteiger partial charge in [0.25, 0.3) is 0 Å². The van der Waals surface area contributed by atoms with Gasteiger partial charge in [-0.2, -0.15) is 0 Å². The highest BCUT2D eigenvalue weighted by Gasteiger charge is 2.30. The molecule has 2 aliphatic rings. The smallest absolute Gasteiger partial charge is 0.363 e. The first kappa shape index (κ1) is 11.3. The molecule has 3 rings (SSSR count). The number of esters is 1. The monoisotopic (exact) mass is 245 g/mol. The van der Waals surface area contributed by atoms with Crippen molar-refractivity contribution in [3.8, 4) is 0 Å². The van der Waals surface area contributed by atoms with E-state index in [-0.39, 0.29) is 5.97 Å². The highest BCUT2D eigenvalue weighted by atomic mass is 16.6. The second kappa shape index (κ2) is 4.80. The number of carbonyl (C=O) groups is 1. The van der Waals surface area contributed by atoms with Gasteiger partial charge in [-0.1, -0.05) is 19.3 Å². The normalized spacial score (nSPS) is 23.2. The first-order valence-corrected chi connectivity index (χ1v) is 6.39. The number of aliphatic imine (C=N–C) groups is 1. The van der Waals surface area contributed by atoms with E-state index >= 15 is 0 Å². The molecule has 0 unspecified atom stereocenters. The van der Waals surface area contributed by atoms with Crippen LogP contribution < -0.4 is 0 Å². The van der Waals surface area contributed by atoms with Crippen molar-refractivity contribution < 1.29 is 13.9 Å². The predicted molar refractivity (Wildman–Crippen MR) is 66.8 cm³/mol. The van der Waals surface area contributed by atoms with Gasteiger partial charge in [0, 0.05) is 12.0 Å². The van der Waals surface area contributed by atoms with E-state index < -0.39 is 0 Å². The summed E-state index contributed by atoms with van der Waals surface area (Å²) in [5, 5.41) is 0. The van der Waals surface area contributed by atoms with E-state index in [1.165, 1.54) is 19.3 Å². The van der Waals surface area contributed by atoms with Gasteiger partial charge >= 0.3 is 5.97 Å². The minimum absolute atomic E-state index is 0.310. The first-order valence-electron chi connectivity index (χ1n) is 6.39. The molecule has 1 aliphatic heterocycles. The molecule has 0 atom stereocenters. The molecule has 0 spiro atoms. The molecule has 94 valence electrons. The van der Waals surface area contributed by atoms with Crippen LogP contribution in [0.1, 0.15) is 37.9 Å². The largest absolute Gasteiger partial charge is 0.465 e. The highest BCUT2D eigenvalue weighted by Crippen LogP contribution is 2.29. The van der Waals surface area contributed by atoms with Gasteiger partial charge in [-0.3, -0.25) is 0 Å². The molecule has 0 amide bonds. The summed E-state index contributed by atoms with van der Waals surface area (Å²) in [4.78, 5) is 16.0. The Morgan fingerprint density at radius 2 is 2.11 bits per heavy atom. The number of ether oxygens (including phenoxy) is 1. The molecule has 0 bridgehead atoms. The van der Waals surface area contributed by atoms with Crippen molar-refractivity contribution in [1.29, 1.82) is 0 Å². The number of hydrogen-bond acceptors (Lipinski definition) is 4. The van der Waals surface area contributed by atoms with Crippen molar-refractivity contribution in [3.05, 3.63) is 29.9 Å². The van der Waals surface area contributed by atoms with Crippen LogP contribution in [0, 0.1) is 5.92 Å². The maximum atomic E-state index is 11.7. The van der Waals surface area contributed by atoms with E-state index in [9.17, 15) is 4.79 Å². The van der Waals surface area contributed by atoms with Crippen LogP contribution in [0.15, 0.2) is 33.5 Å². The van der Waals surface area contributed by atoms with Gasteiger partial charge in [0.15, 0.2) is 5.70 Å². The summed E-state index contributed by atoms with van der Waals surface area (Å²) in [5.74, 6) is 1.16. The lowest BCUT2D eigenvalue weighted by atomic mass is 9.89. The van der Waals surface area contributed by atoms with Crippen molar-refractivity contribution in [2.45, 2.75) is 32.1 Å². The van der Waals surface area contributed by atoms with Gasteiger partial charge in [-0.15, -0.1) is 0 Å². The van der Waals surface area contributed by atoms with Gasteiger partial charge in [0.1, 0.15) is 5.76 Å². The number of carbonyl (C=O) groups excluding carboxylic acids is 1. The summed E-state index contributed by atoms with van der Waals surface area (Å²) >= 11 is 0. The zero-order chi connectivity index (χ0) is 12.4. The molecule has 1 aromatic rings. The summed E-state index contributed by atoms with van der Waals surface area (Å²) in [5.41, 5.74) is 0.338. The second-order valence-corrected chi connectivity index (χ2v) is 4.72. The Morgan fingerprint density at radius 3 is 2.83 bits per heavy atom. The van der Waals surface area contributed by atoms with Crippen molar-refractivity contribution in [3.63, 3.8) is 0 Å². The molecule has 0 radical (unpaired) electrons. The fourth-order valence-corrected chi connectivity index (χ4v) is 2.46. The van der Waals surface area contributed by atoms with Crippen LogP contribution in [0.2, 0.25) is 0 Å². The zero-order valence-corrected chi connectivity index (χ0v) is 10.1. The van der Waals surface area contributed by atoms with Crippen LogP contribution >= 0.6 is 0 Å². The Balaban J connectivity index is 1.80. The third-order valence-electron chi connectivity index (χ3n) is 3.41. The fourth-order valence-electron chi connectivity index (χ4n) is 2.46. The second-order valence-electron chi connectivity index (χ2n) is 4.72. The molecule has 1 saturated carbocycles. The summed E-state index contributed by atoms with van der Waals surface area (Å²) in [6.45, 7) is 0. The van der Waals surface area contributed by atoms with Gasteiger partial charge in [0.05, 0.1) is 6.26 Å². The summed E-state index contributed by atoms with van der Waals surface area (Å²) in [7, 11) is 0. The number of hydrogen-bond donors (Lipinski definition) is 0. The zero-order valence-electron chi connectivity index (χ0n) is 10.1. The average Bonchev–Trinajstić information content (AvgIpc) is 3.02. The molecule has 1 aliphatic carbocycles. The summed E-state index contributed by atoms with van der Waals surface area (Å²) in [6, 6.07) is 3.56. The predicted octanol–water partition coefficient (Wildman–Crippen LogP) is 3.16. The maximum absolute atomic E-state index is 11.7. The lowest BCUT2D eigenvalue weighted by molar-refractivity contribution is -0.130. The minimum Gasteiger partial charge on any atom is -0.465 e. The molecule has 0 saturated heterocycles. The molecule has 4 heteroatoms. The van der Waals surface area contributed by atoms with Gasteiger partial charge in [-0.05, 0) is 25.0 Å². The Bertz CT molecular complexity index is 493. The van der Waals surface area contributed by atoms with Crippen molar-refractivity contribution >= 4 is 17.9 Å². The molecule has 0 N–H and O–H groups in total. The van der Waals surface area contributed by atoms with Crippen LogP contribution in [-0.4, -0.2) is 11.9 Å². The van der Waals surface area contributed by atoms with E-state index in [1.807, 2.05) is 0 Å². The van der Waals surface area contributed by atoms with E-state index in [0.29, 0.717) is 23.3 Å². The van der Waals surface area contributed by atoms with Crippen LogP contribution in [0.4, 0.5) is 0 Å². The van der Waals surface area contributed by atoms with Crippen LogP contribution in [0.25, 0.3) is 6.08 Å². The molecule has 0 aromatic carbocycles. The van der Waals surface area contributed by atoms with Crippen molar-refractivity contribution in [2.24, 2.45) is 10.9 Å². The molecule has 1 fully saturated rings. The third kappa shape index (κ3) is 2.23. The Hall–Kier alpha value is -1.84. The van der Waals surface area contributed by atoms with Crippen LogP contribution in [-0.2, 0) is 9.53 Å². The Kier molecular flexibility index (Phi) is 3.00. The number of rotatable bonds is 2. The van der Waals surface area contributed by atoms with E-state index in [2.05, 4.69) is 4.99 Å². The quantitative estimate of drug-likeness (QED) is 0.594. The topological polar surface area (TPSA) is 51.8 Å². The lowest BCUT2D eigenvalue weighted by Gasteiger charge is -2.19. The number of nitrogens with zero attached hydrogens (tertiary/aromatic N) is 1. The number of furan rings is 1. The lowest BCUT2D eigenvalue weighted by Crippen LogP contribution is -2.19. The SMILES string of the molecule is O=C1OC(C2CCCCC2)=N/C1=C\c1ccco1. The number of cyclic esters (lactones) is 1. The Labute approximate surface area is 105 Å². The van der Waals surface area contributed by atoms with E-state index in [0.717, 1.165) is 12.8 Å². The molecular formula is C14H15NO3. The molecule has 18 heavy (non-hydrogen) atoms.